The Bertz CT molecular complexity index is 655. The summed E-state index contributed by atoms with van der Waals surface area (Å²) in [5.41, 5.74) is 3.22. The first-order valence-corrected chi connectivity index (χ1v) is 7.86. The summed E-state index contributed by atoms with van der Waals surface area (Å²) in [5, 5.41) is 0. The first-order valence-electron chi connectivity index (χ1n) is 7.86. The van der Waals surface area contributed by atoms with Crippen LogP contribution in [0.4, 0.5) is 0 Å². The molecule has 116 valence electrons. The van der Waals surface area contributed by atoms with E-state index < -0.39 is 0 Å². The number of aromatic nitrogens is 1. The van der Waals surface area contributed by atoms with Gasteiger partial charge in [0.2, 0.25) is 5.89 Å². The van der Waals surface area contributed by atoms with Crippen LogP contribution in [0, 0.1) is 19.8 Å². The highest BCUT2D eigenvalue weighted by Gasteiger charge is 2.21. The van der Waals surface area contributed by atoms with Crippen molar-refractivity contribution in [1.29, 1.82) is 0 Å². The number of benzene rings is 1. The van der Waals surface area contributed by atoms with Gasteiger partial charge < -0.3 is 9.21 Å². The van der Waals surface area contributed by atoms with Crippen LogP contribution in [0.1, 0.15) is 29.9 Å². The number of aryl methyl sites for hydroxylation is 2. The summed E-state index contributed by atoms with van der Waals surface area (Å²) in [6.07, 6.45) is 2.99. The van der Waals surface area contributed by atoms with Crippen molar-refractivity contribution in [2.24, 2.45) is 5.92 Å². The molecule has 1 aromatic carbocycles. The number of carbonyl (C=O) groups is 1. The predicted octanol–water partition coefficient (Wildman–Crippen LogP) is 3.37. The largest absolute Gasteiger partial charge is 0.441 e. The molecule has 2 aromatic rings. The summed E-state index contributed by atoms with van der Waals surface area (Å²) in [6.45, 7) is 6.74. The topological polar surface area (TPSA) is 46.3 Å². The molecule has 2 heterocycles. The fourth-order valence-corrected chi connectivity index (χ4v) is 2.94. The molecule has 1 saturated heterocycles. The molecule has 4 heteroatoms. The Kier molecular flexibility index (Phi) is 4.39. The minimum atomic E-state index is 0.234. The van der Waals surface area contributed by atoms with Crippen LogP contribution in [-0.4, -0.2) is 29.3 Å². The number of hydrogen-bond donors (Lipinski definition) is 0. The molecular formula is C18H22N2O2. The number of carbonyl (C=O) groups excluding carboxylic acids is 1. The summed E-state index contributed by atoms with van der Waals surface area (Å²) >= 11 is 0. The minimum absolute atomic E-state index is 0.234. The molecule has 0 atom stereocenters. The number of rotatable bonds is 4. The van der Waals surface area contributed by atoms with E-state index >= 15 is 0 Å². The van der Waals surface area contributed by atoms with Crippen LogP contribution in [0.3, 0.4) is 0 Å². The average molecular weight is 298 g/mol. The molecule has 4 nitrogen and oxygen atoms in total. The summed E-state index contributed by atoms with van der Waals surface area (Å²) in [7, 11) is 0. The maximum absolute atomic E-state index is 10.8. The van der Waals surface area contributed by atoms with Crippen molar-refractivity contribution in [2.75, 3.05) is 13.1 Å². The van der Waals surface area contributed by atoms with E-state index in [0.717, 1.165) is 55.8 Å². The number of oxazole rings is 1. The average Bonchev–Trinajstić information content (AvgIpc) is 2.89. The highest BCUT2D eigenvalue weighted by atomic mass is 16.4. The van der Waals surface area contributed by atoms with Gasteiger partial charge in [0.25, 0.3) is 0 Å². The molecular weight excluding hydrogens is 276 g/mol. The molecule has 0 aliphatic carbocycles. The van der Waals surface area contributed by atoms with Gasteiger partial charge in [-0.2, -0.15) is 0 Å². The zero-order valence-corrected chi connectivity index (χ0v) is 13.2. The summed E-state index contributed by atoms with van der Waals surface area (Å²) in [4.78, 5) is 17.8. The number of likely N-dealkylation sites (tertiary alicyclic amines) is 1. The molecule has 0 spiro atoms. The van der Waals surface area contributed by atoms with E-state index in [9.17, 15) is 4.79 Å². The van der Waals surface area contributed by atoms with E-state index in [4.69, 9.17) is 4.42 Å². The maximum Gasteiger partial charge on any atom is 0.226 e. The first-order chi connectivity index (χ1) is 10.7. The van der Waals surface area contributed by atoms with E-state index in [-0.39, 0.29) is 5.92 Å². The van der Waals surface area contributed by atoms with Crippen molar-refractivity contribution in [1.82, 2.24) is 9.88 Å². The van der Waals surface area contributed by atoms with Gasteiger partial charge in [-0.05, 0) is 51.9 Å². The van der Waals surface area contributed by atoms with E-state index in [1.807, 2.05) is 19.1 Å². The lowest BCUT2D eigenvalue weighted by Crippen LogP contribution is -2.33. The Morgan fingerprint density at radius 2 is 2.09 bits per heavy atom. The van der Waals surface area contributed by atoms with Crippen LogP contribution < -0.4 is 0 Å². The molecule has 22 heavy (non-hydrogen) atoms. The van der Waals surface area contributed by atoms with Crippen LogP contribution in [0.25, 0.3) is 11.5 Å². The molecule has 0 radical (unpaired) electrons. The normalized spacial score (nSPS) is 16.8. The predicted molar refractivity (Wildman–Crippen MR) is 85.5 cm³/mol. The van der Waals surface area contributed by atoms with Crippen molar-refractivity contribution < 1.29 is 9.21 Å². The molecule has 1 aliphatic rings. The second kappa shape index (κ2) is 6.44. The Labute approximate surface area is 131 Å². The second-order valence-corrected chi connectivity index (χ2v) is 6.14. The summed E-state index contributed by atoms with van der Waals surface area (Å²) < 4.78 is 5.85. The van der Waals surface area contributed by atoms with Crippen molar-refractivity contribution >= 4 is 6.29 Å². The van der Waals surface area contributed by atoms with Gasteiger partial charge in [-0.3, -0.25) is 4.90 Å². The summed E-state index contributed by atoms with van der Waals surface area (Å²) in [6, 6.07) is 8.20. The monoisotopic (exact) mass is 298 g/mol. The third kappa shape index (κ3) is 3.28. The zero-order valence-electron chi connectivity index (χ0n) is 13.2. The number of hydrogen-bond acceptors (Lipinski definition) is 4. The van der Waals surface area contributed by atoms with Crippen molar-refractivity contribution in [3.63, 3.8) is 0 Å². The molecule has 0 amide bonds. The van der Waals surface area contributed by atoms with Gasteiger partial charge in [0.1, 0.15) is 12.0 Å². The standard InChI is InChI=1S/C18H22N2O2/c1-13-4-3-5-16(10-13)18-19-17(14(2)22-18)11-20-8-6-15(12-21)7-9-20/h3-5,10,12,15H,6-9,11H2,1-2H3. The highest BCUT2D eigenvalue weighted by Crippen LogP contribution is 2.24. The Hall–Kier alpha value is -1.94. The third-order valence-corrected chi connectivity index (χ3v) is 4.36. The summed E-state index contributed by atoms with van der Waals surface area (Å²) in [5.74, 6) is 1.81. The van der Waals surface area contributed by atoms with Crippen LogP contribution in [-0.2, 0) is 11.3 Å². The fourth-order valence-electron chi connectivity index (χ4n) is 2.94. The van der Waals surface area contributed by atoms with E-state index in [0.29, 0.717) is 5.89 Å². The lowest BCUT2D eigenvalue weighted by molar-refractivity contribution is -0.112. The molecule has 0 N–H and O–H groups in total. The lowest BCUT2D eigenvalue weighted by atomic mass is 9.98. The third-order valence-electron chi connectivity index (χ3n) is 4.36. The quantitative estimate of drug-likeness (QED) is 0.812. The second-order valence-electron chi connectivity index (χ2n) is 6.14. The maximum atomic E-state index is 10.8. The number of aldehydes is 1. The Morgan fingerprint density at radius 1 is 1.32 bits per heavy atom. The molecule has 0 saturated carbocycles. The van der Waals surface area contributed by atoms with Gasteiger partial charge in [-0.15, -0.1) is 0 Å². The molecule has 1 aliphatic heterocycles. The molecule has 0 bridgehead atoms. The van der Waals surface area contributed by atoms with E-state index in [1.54, 1.807) is 0 Å². The van der Waals surface area contributed by atoms with Crippen molar-refractivity contribution in [3.8, 4) is 11.5 Å². The van der Waals surface area contributed by atoms with Gasteiger partial charge in [-0.25, -0.2) is 4.98 Å². The molecule has 0 unspecified atom stereocenters. The lowest BCUT2D eigenvalue weighted by Gasteiger charge is -2.28. The van der Waals surface area contributed by atoms with Crippen molar-refractivity contribution in [3.05, 3.63) is 41.3 Å². The minimum Gasteiger partial charge on any atom is -0.441 e. The first kappa shape index (κ1) is 15.0. The molecule has 1 aromatic heterocycles. The molecule has 1 fully saturated rings. The van der Waals surface area contributed by atoms with E-state index in [2.05, 4.69) is 28.9 Å². The van der Waals surface area contributed by atoms with Gasteiger partial charge in [0.05, 0.1) is 5.69 Å². The number of piperidine rings is 1. The van der Waals surface area contributed by atoms with Gasteiger partial charge in [0.15, 0.2) is 0 Å². The van der Waals surface area contributed by atoms with Crippen LogP contribution >= 0.6 is 0 Å². The molecule has 3 rings (SSSR count). The Balaban J connectivity index is 1.72. The highest BCUT2D eigenvalue weighted by molar-refractivity contribution is 5.55. The SMILES string of the molecule is Cc1cccc(-c2nc(CN3CCC(C=O)CC3)c(C)o2)c1. The van der Waals surface area contributed by atoms with Crippen LogP contribution in [0.2, 0.25) is 0 Å². The van der Waals surface area contributed by atoms with Crippen LogP contribution in [0.5, 0.6) is 0 Å². The Morgan fingerprint density at radius 3 is 2.77 bits per heavy atom. The number of nitrogens with zero attached hydrogens (tertiary/aromatic N) is 2. The van der Waals surface area contributed by atoms with Crippen molar-refractivity contribution in [2.45, 2.75) is 33.2 Å². The zero-order chi connectivity index (χ0) is 15.5. The van der Waals surface area contributed by atoms with Gasteiger partial charge in [0, 0.05) is 18.0 Å². The van der Waals surface area contributed by atoms with Gasteiger partial charge >= 0.3 is 0 Å². The van der Waals surface area contributed by atoms with Gasteiger partial charge in [-0.1, -0.05) is 17.7 Å². The fraction of sp³-hybridized carbons (Fsp3) is 0.444. The smallest absolute Gasteiger partial charge is 0.226 e. The van der Waals surface area contributed by atoms with Crippen LogP contribution in [0.15, 0.2) is 28.7 Å². The van der Waals surface area contributed by atoms with E-state index in [1.165, 1.54) is 5.56 Å².